The maximum absolute atomic E-state index is 12.1. The van der Waals surface area contributed by atoms with Gasteiger partial charge in [-0.25, -0.2) is 0 Å². The van der Waals surface area contributed by atoms with Gasteiger partial charge in [-0.2, -0.15) is 16.6 Å². The molecule has 1 heterocycles. The fourth-order valence-corrected chi connectivity index (χ4v) is 2.35. The Morgan fingerprint density at radius 2 is 2.17 bits per heavy atom. The van der Waals surface area contributed by atoms with Crippen LogP contribution < -0.4 is 4.90 Å². The molecule has 0 radical (unpaired) electrons. The van der Waals surface area contributed by atoms with Crippen LogP contribution in [0, 0.1) is 11.3 Å². The third-order valence-corrected chi connectivity index (χ3v) is 3.43. The monoisotopic (exact) mass is 256 g/mol. The lowest BCUT2D eigenvalue weighted by Crippen LogP contribution is -2.28. The molecule has 0 spiro atoms. The molecule has 0 atom stereocenters. The van der Waals surface area contributed by atoms with Crippen LogP contribution in [-0.4, -0.2) is 13.0 Å². The zero-order chi connectivity index (χ0) is 13.0. The van der Waals surface area contributed by atoms with Crippen molar-refractivity contribution in [2.45, 2.75) is 6.42 Å². The first kappa shape index (κ1) is 12.3. The van der Waals surface area contributed by atoms with Gasteiger partial charge in [-0.1, -0.05) is 12.1 Å². The maximum atomic E-state index is 12.1. The summed E-state index contributed by atoms with van der Waals surface area (Å²) in [5.74, 6) is -0.0175. The number of hydrogen-bond acceptors (Lipinski definition) is 3. The number of amides is 1. The predicted octanol–water partition coefficient (Wildman–Crippen LogP) is 2.83. The number of anilines is 1. The van der Waals surface area contributed by atoms with E-state index in [1.165, 1.54) is 4.90 Å². The van der Waals surface area contributed by atoms with Gasteiger partial charge in [-0.15, -0.1) is 0 Å². The van der Waals surface area contributed by atoms with Gasteiger partial charge in [0.25, 0.3) is 0 Å². The first-order valence-electron chi connectivity index (χ1n) is 5.49. The minimum Gasteiger partial charge on any atom is -0.314 e. The van der Waals surface area contributed by atoms with Crippen LogP contribution in [0.1, 0.15) is 11.1 Å². The molecule has 1 aromatic carbocycles. The van der Waals surface area contributed by atoms with Crippen LogP contribution in [0.4, 0.5) is 5.69 Å². The van der Waals surface area contributed by atoms with Crippen molar-refractivity contribution in [1.82, 2.24) is 0 Å². The van der Waals surface area contributed by atoms with Crippen LogP contribution in [-0.2, 0) is 11.2 Å². The quantitative estimate of drug-likeness (QED) is 0.847. The molecule has 0 unspecified atom stereocenters. The van der Waals surface area contributed by atoms with Crippen LogP contribution in [0.15, 0.2) is 41.1 Å². The standard InChI is InChI=1S/C14H12N2OS/c1-16(13-5-3-2-4-12(13)9-15)14(17)8-11-6-7-18-10-11/h2-7,10H,8H2,1H3. The van der Waals surface area contributed by atoms with Gasteiger partial charge in [-0.05, 0) is 34.5 Å². The summed E-state index contributed by atoms with van der Waals surface area (Å²) >= 11 is 1.57. The number of para-hydroxylation sites is 1. The number of carbonyl (C=O) groups excluding carboxylic acids is 1. The Morgan fingerprint density at radius 1 is 1.39 bits per heavy atom. The number of likely N-dealkylation sites (N-methyl/N-ethyl adjacent to an activating group) is 1. The van der Waals surface area contributed by atoms with Crippen molar-refractivity contribution in [3.8, 4) is 6.07 Å². The minimum atomic E-state index is -0.0175. The Morgan fingerprint density at radius 3 is 2.83 bits per heavy atom. The highest BCUT2D eigenvalue weighted by molar-refractivity contribution is 7.08. The van der Waals surface area contributed by atoms with E-state index in [2.05, 4.69) is 6.07 Å². The molecular weight excluding hydrogens is 244 g/mol. The fraction of sp³-hybridized carbons (Fsp3) is 0.143. The van der Waals surface area contributed by atoms with Gasteiger partial charge in [-0.3, -0.25) is 4.79 Å². The van der Waals surface area contributed by atoms with Gasteiger partial charge in [0, 0.05) is 7.05 Å². The molecule has 3 nitrogen and oxygen atoms in total. The predicted molar refractivity (Wildman–Crippen MR) is 72.6 cm³/mol. The van der Waals surface area contributed by atoms with E-state index >= 15 is 0 Å². The first-order valence-corrected chi connectivity index (χ1v) is 6.43. The molecular formula is C14H12N2OS. The van der Waals surface area contributed by atoms with Crippen molar-refractivity contribution in [3.05, 3.63) is 52.2 Å². The summed E-state index contributed by atoms with van der Waals surface area (Å²) in [4.78, 5) is 13.6. The molecule has 0 bridgehead atoms. The summed E-state index contributed by atoms with van der Waals surface area (Å²) in [6.45, 7) is 0. The van der Waals surface area contributed by atoms with Crippen molar-refractivity contribution in [2.24, 2.45) is 0 Å². The van der Waals surface area contributed by atoms with Gasteiger partial charge in [0.05, 0.1) is 17.7 Å². The minimum absolute atomic E-state index is 0.0175. The van der Waals surface area contributed by atoms with Crippen LogP contribution in [0.3, 0.4) is 0 Å². The lowest BCUT2D eigenvalue weighted by molar-refractivity contribution is -0.117. The van der Waals surface area contributed by atoms with Gasteiger partial charge in [0.1, 0.15) is 6.07 Å². The Balaban J connectivity index is 2.18. The Labute approximate surface area is 110 Å². The summed E-state index contributed by atoms with van der Waals surface area (Å²) in [6.07, 6.45) is 0.361. The van der Waals surface area contributed by atoms with Gasteiger partial charge in [0.15, 0.2) is 0 Å². The van der Waals surface area contributed by atoms with Crippen LogP contribution in [0.5, 0.6) is 0 Å². The van der Waals surface area contributed by atoms with Crippen LogP contribution >= 0.6 is 11.3 Å². The Bertz CT molecular complexity index is 584. The Kier molecular flexibility index (Phi) is 3.75. The molecule has 0 aliphatic heterocycles. The highest BCUT2D eigenvalue weighted by Gasteiger charge is 2.14. The topological polar surface area (TPSA) is 44.1 Å². The normalized spacial score (nSPS) is 9.78. The average molecular weight is 256 g/mol. The molecule has 18 heavy (non-hydrogen) atoms. The van der Waals surface area contributed by atoms with Crippen LogP contribution in [0.25, 0.3) is 0 Å². The molecule has 0 saturated carbocycles. The summed E-state index contributed by atoms with van der Waals surface area (Å²) in [5.41, 5.74) is 2.17. The average Bonchev–Trinajstić information content (AvgIpc) is 2.90. The van der Waals surface area contributed by atoms with Gasteiger partial charge >= 0.3 is 0 Å². The molecule has 2 rings (SSSR count). The second-order valence-corrected chi connectivity index (χ2v) is 4.67. The number of benzene rings is 1. The molecule has 0 N–H and O–H groups in total. The summed E-state index contributed by atoms with van der Waals surface area (Å²) in [7, 11) is 1.70. The highest BCUT2D eigenvalue weighted by Crippen LogP contribution is 2.19. The third-order valence-electron chi connectivity index (χ3n) is 2.70. The van der Waals surface area contributed by atoms with E-state index in [0.29, 0.717) is 17.7 Å². The molecule has 1 amide bonds. The van der Waals surface area contributed by atoms with Crippen molar-refractivity contribution in [2.75, 3.05) is 11.9 Å². The smallest absolute Gasteiger partial charge is 0.231 e. The second-order valence-electron chi connectivity index (χ2n) is 3.89. The summed E-state index contributed by atoms with van der Waals surface area (Å²) in [5, 5.41) is 12.9. The fourth-order valence-electron chi connectivity index (χ4n) is 1.68. The van der Waals surface area contributed by atoms with Gasteiger partial charge in [0.2, 0.25) is 5.91 Å². The molecule has 4 heteroatoms. The zero-order valence-corrected chi connectivity index (χ0v) is 10.8. The van der Waals surface area contributed by atoms with Crippen LogP contribution in [0.2, 0.25) is 0 Å². The second kappa shape index (κ2) is 5.48. The van der Waals surface area contributed by atoms with Crippen molar-refractivity contribution >= 4 is 22.9 Å². The first-order chi connectivity index (χ1) is 8.72. The molecule has 0 fully saturated rings. The number of carbonyl (C=O) groups is 1. The lowest BCUT2D eigenvalue weighted by atomic mass is 10.1. The van der Waals surface area contributed by atoms with Crippen molar-refractivity contribution in [1.29, 1.82) is 5.26 Å². The van der Waals surface area contributed by atoms with E-state index in [1.807, 2.05) is 22.9 Å². The summed E-state index contributed by atoms with van der Waals surface area (Å²) < 4.78 is 0. The van der Waals surface area contributed by atoms with E-state index in [1.54, 1.807) is 36.6 Å². The SMILES string of the molecule is CN(C(=O)Cc1ccsc1)c1ccccc1C#N. The molecule has 90 valence electrons. The van der Waals surface area contributed by atoms with Gasteiger partial charge < -0.3 is 4.90 Å². The van der Waals surface area contributed by atoms with Crippen molar-refractivity contribution in [3.63, 3.8) is 0 Å². The molecule has 1 aromatic heterocycles. The number of thiophene rings is 1. The lowest BCUT2D eigenvalue weighted by Gasteiger charge is -2.18. The van der Waals surface area contributed by atoms with E-state index in [0.717, 1.165) is 5.56 Å². The number of nitrogens with zero attached hydrogens (tertiary/aromatic N) is 2. The van der Waals surface area contributed by atoms with E-state index in [9.17, 15) is 4.79 Å². The Hall–Kier alpha value is -2.12. The number of nitriles is 1. The molecule has 0 saturated heterocycles. The maximum Gasteiger partial charge on any atom is 0.231 e. The summed E-state index contributed by atoms with van der Waals surface area (Å²) in [6, 6.07) is 11.1. The molecule has 0 aliphatic carbocycles. The largest absolute Gasteiger partial charge is 0.314 e. The molecule has 0 aliphatic rings. The van der Waals surface area contributed by atoms with E-state index < -0.39 is 0 Å². The number of hydrogen-bond donors (Lipinski definition) is 0. The zero-order valence-electron chi connectivity index (χ0n) is 9.96. The third kappa shape index (κ3) is 2.58. The van der Waals surface area contributed by atoms with E-state index in [-0.39, 0.29) is 5.91 Å². The van der Waals surface area contributed by atoms with E-state index in [4.69, 9.17) is 5.26 Å². The van der Waals surface area contributed by atoms with Crippen molar-refractivity contribution < 1.29 is 4.79 Å². The highest BCUT2D eigenvalue weighted by atomic mass is 32.1. The number of rotatable bonds is 3. The molecule has 2 aromatic rings.